The number of hydrogen-bond acceptors (Lipinski definition) is 1. The molecule has 0 fully saturated rings. The van der Waals surface area contributed by atoms with Crippen molar-refractivity contribution in [1.29, 1.82) is 0 Å². The van der Waals surface area contributed by atoms with Gasteiger partial charge in [-0.05, 0) is 24.6 Å². The van der Waals surface area contributed by atoms with E-state index in [0.717, 1.165) is 27.4 Å². The van der Waals surface area contributed by atoms with E-state index in [1.165, 1.54) is 0 Å². The van der Waals surface area contributed by atoms with Crippen LogP contribution in [0.4, 0.5) is 5.69 Å². The Labute approximate surface area is 159 Å². The monoisotopic (exact) mass is 365 g/mol. The number of nitrogens with one attached hydrogen (secondary N) is 1. The topological polar surface area (TPSA) is 45.7 Å². The zero-order valence-corrected chi connectivity index (χ0v) is 15.4. The van der Waals surface area contributed by atoms with Gasteiger partial charge >= 0.3 is 0 Å². The van der Waals surface area contributed by atoms with E-state index in [-0.39, 0.29) is 11.9 Å². The Balaban J connectivity index is 1.65. The average Bonchev–Trinajstić information content (AvgIpc) is 2.67. The lowest BCUT2D eigenvalue weighted by Gasteiger charge is -2.14. The van der Waals surface area contributed by atoms with Crippen molar-refractivity contribution in [3.63, 3.8) is 0 Å². The molecule has 0 radical (unpaired) electrons. The fourth-order valence-corrected chi connectivity index (χ4v) is 3.23. The second-order valence-corrected chi connectivity index (χ2v) is 6.62. The summed E-state index contributed by atoms with van der Waals surface area (Å²) in [6.07, 6.45) is 0. The summed E-state index contributed by atoms with van der Waals surface area (Å²) in [6, 6.07) is 25.7. The van der Waals surface area contributed by atoms with Crippen molar-refractivity contribution in [2.45, 2.75) is 13.0 Å². The second-order valence-electron chi connectivity index (χ2n) is 6.21. The summed E-state index contributed by atoms with van der Waals surface area (Å²) in [7, 11) is 0. The first kappa shape index (κ1) is 18.2. The highest BCUT2D eigenvalue weighted by Crippen LogP contribution is 2.27. The number of amides is 1. The first-order valence-corrected chi connectivity index (χ1v) is 9.05. The van der Waals surface area contributed by atoms with Gasteiger partial charge in [0.1, 0.15) is 6.04 Å². The molecule has 4 heteroatoms. The number of benzene rings is 3. The van der Waals surface area contributed by atoms with E-state index >= 15 is 0 Å². The molecule has 0 aliphatic rings. The van der Waals surface area contributed by atoms with Crippen molar-refractivity contribution in [3.8, 4) is 11.1 Å². The van der Waals surface area contributed by atoms with Crippen LogP contribution < -0.4 is 10.6 Å². The van der Waals surface area contributed by atoms with Gasteiger partial charge < -0.3 is 10.6 Å². The van der Waals surface area contributed by atoms with Crippen LogP contribution in [0, 0.1) is 0 Å². The van der Waals surface area contributed by atoms with Crippen LogP contribution in [0.1, 0.15) is 18.5 Å². The molecule has 1 atom stereocenters. The van der Waals surface area contributed by atoms with Crippen LogP contribution in [0.2, 0.25) is 5.02 Å². The Hall–Kier alpha value is -2.62. The van der Waals surface area contributed by atoms with E-state index in [0.29, 0.717) is 6.54 Å². The van der Waals surface area contributed by atoms with Gasteiger partial charge in [-0.3, -0.25) is 4.79 Å². The zero-order valence-electron chi connectivity index (χ0n) is 14.7. The smallest absolute Gasteiger partial charge is 0.279 e. The normalized spacial score (nSPS) is 11.8. The van der Waals surface area contributed by atoms with Gasteiger partial charge in [0.25, 0.3) is 5.91 Å². The van der Waals surface area contributed by atoms with E-state index in [2.05, 4.69) is 5.32 Å². The Kier molecular flexibility index (Phi) is 6.05. The third kappa shape index (κ3) is 4.51. The molecule has 0 aliphatic heterocycles. The van der Waals surface area contributed by atoms with Crippen molar-refractivity contribution in [1.82, 2.24) is 0 Å². The molecule has 3 aromatic carbocycles. The van der Waals surface area contributed by atoms with Crippen molar-refractivity contribution in [2.24, 2.45) is 0 Å². The largest absolute Gasteiger partial charge is 0.332 e. The average molecular weight is 366 g/mol. The molecular weight excluding hydrogens is 344 g/mol. The maximum Gasteiger partial charge on any atom is 0.279 e. The molecule has 0 saturated carbocycles. The third-order valence-electron chi connectivity index (χ3n) is 4.34. The molecule has 3 nitrogen and oxygen atoms in total. The van der Waals surface area contributed by atoms with Crippen molar-refractivity contribution in [3.05, 3.63) is 89.4 Å². The molecule has 132 valence electrons. The number of carbonyl (C=O) groups is 1. The van der Waals surface area contributed by atoms with Crippen LogP contribution >= 0.6 is 11.6 Å². The minimum atomic E-state index is -0.0349. The summed E-state index contributed by atoms with van der Waals surface area (Å²) in [6.45, 7) is 2.38. The number of nitrogens with two attached hydrogens (primary N) is 1. The minimum absolute atomic E-state index is 0.0349. The predicted octanol–water partition coefficient (Wildman–Crippen LogP) is 4.27. The number of carbonyl (C=O) groups excluding carboxylic acids is 1. The van der Waals surface area contributed by atoms with Crippen LogP contribution in [0.3, 0.4) is 0 Å². The Morgan fingerprint density at radius 1 is 0.962 bits per heavy atom. The summed E-state index contributed by atoms with van der Waals surface area (Å²) in [5.74, 6) is -0.0349. The molecule has 0 spiro atoms. The molecule has 0 heterocycles. The molecule has 0 unspecified atom stereocenters. The van der Waals surface area contributed by atoms with E-state index in [1.54, 1.807) is 0 Å². The number of hydrogen-bond donors (Lipinski definition) is 2. The van der Waals surface area contributed by atoms with Crippen molar-refractivity contribution < 1.29 is 10.1 Å². The first-order chi connectivity index (χ1) is 12.6. The van der Waals surface area contributed by atoms with Crippen LogP contribution in [-0.4, -0.2) is 12.5 Å². The van der Waals surface area contributed by atoms with Gasteiger partial charge in [0.15, 0.2) is 6.54 Å². The maximum atomic E-state index is 12.4. The molecule has 0 saturated heterocycles. The highest BCUT2D eigenvalue weighted by Gasteiger charge is 2.15. The first-order valence-electron chi connectivity index (χ1n) is 8.67. The summed E-state index contributed by atoms with van der Waals surface area (Å²) in [5, 5.41) is 5.74. The molecule has 3 N–H and O–H groups in total. The molecule has 26 heavy (non-hydrogen) atoms. The molecular formula is C22H22ClN2O+. The Bertz CT molecular complexity index is 880. The minimum Gasteiger partial charge on any atom is -0.332 e. The fourth-order valence-electron chi connectivity index (χ4n) is 2.92. The number of quaternary nitrogens is 1. The van der Waals surface area contributed by atoms with Gasteiger partial charge in [-0.25, -0.2) is 0 Å². The van der Waals surface area contributed by atoms with Gasteiger partial charge in [-0.15, -0.1) is 0 Å². The summed E-state index contributed by atoms with van der Waals surface area (Å²) >= 11 is 6.23. The molecule has 0 aromatic heterocycles. The Morgan fingerprint density at radius 2 is 1.62 bits per heavy atom. The number of rotatable bonds is 6. The van der Waals surface area contributed by atoms with Gasteiger partial charge in [-0.2, -0.15) is 0 Å². The summed E-state index contributed by atoms with van der Waals surface area (Å²) in [5.41, 5.74) is 3.95. The molecule has 3 aromatic rings. The zero-order chi connectivity index (χ0) is 18.4. The SMILES string of the molecule is C[C@@H]([NH2+]CC(=O)Nc1ccccc1-c1ccccc1)c1ccccc1Cl. The van der Waals surface area contributed by atoms with Crippen molar-refractivity contribution >= 4 is 23.2 Å². The Morgan fingerprint density at radius 3 is 2.38 bits per heavy atom. The third-order valence-corrected chi connectivity index (χ3v) is 4.68. The highest BCUT2D eigenvalue weighted by atomic mass is 35.5. The summed E-state index contributed by atoms with van der Waals surface area (Å²) in [4.78, 5) is 12.4. The quantitative estimate of drug-likeness (QED) is 0.673. The summed E-state index contributed by atoms with van der Waals surface area (Å²) < 4.78 is 0. The van der Waals surface area contributed by atoms with Crippen molar-refractivity contribution in [2.75, 3.05) is 11.9 Å². The van der Waals surface area contributed by atoms with E-state index in [4.69, 9.17) is 11.6 Å². The number of anilines is 1. The molecule has 0 aliphatic carbocycles. The lowest BCUT2D eigenvalue weighted by molar-refractivity contribution is -0.682. The predicted molar refractivity (Wildman–Crippen MR) is 107 cm³/mol. The lowest BCUT2D eigenvalue weighted by atomic mass is 10.0. The van der Waals surface area contributed by atoms with Gasteiger partial charge in [0, 0.05) is 21.8 Å². The van der Waals surface area contributed by atoms with Crippen LogP contribution in [0.25, 0.3) is 11.1 Å². The fraction of sp³-hybridized carbons (Fsp3) is 0.136. The van der Waals surface area contributed by atoms with Gasteiger partial charge in [-0.1, -0.05) is 78.3 Å². The van der Waals surface area contributed by atoms with Crippen LogP contribution in [0.5, 0.6) is 0 Å². The second kappa shape index (κ2) is 8.65. The van der Waals surface area contributed by atoms with Crippen LogP contribution in [0.15, 0.2) is 78.9 Å². The number of halogens is 1. The van der Waals surface area contributed by atoms with Gasteiger partial charge in [0.05, 0.1) is 0 Å². The van der Waals surface area contributed by atoms with Crippen LogP contribution in [-0.2, 0) is 4.79 Å². The molecule has 1 amide bonds. The van der Waals surface area contributed by atoms with Gasteiger partial charge in [0.2, 0.25) is 0 Å². The standard InChI is InChI=1S/C22H21ClN2O/c1-16(18-11-5-7-13-20(18)23)24-15-22(26)25-21-14-8-6-12-19(21)17-9-3-2-4-10-17/h2-14,16,24H,15H2,1H3,(H,25,26)/p+1/t16-/m1/s1. The maximum absolute atomic E-state index is 12.4. The number of para-hydroxylation sites is 1. The van der Waals surface area contributed by atoms with E-state index in [9.17, 15) is 4.79 Å². The highest BCUT2D eigenvalue weighted by molar-refractivity contribution is 6.31. The van der Waals surface area contributed by atoms with E-state index in [1.807, 2.05) is 91.1 Å². The molecule has 3 rings (SSSR count). The molecule has 0 bridgehead atoms. The lowest BCUT2D eigenvalue weighted by Crippen LogP contribution is -2.86. The van der Waals surface area contributed by atoms with E-state index < -0.39 is 0 Å².